The molecule has 2 aliphatic rings. The molecule has 1 atom stereocenters. The van der Waals surface area contributed by atoms with Gasteiger partial charge in [-0.1, -0.05) is 12.1 Å². The van der Waals surface area contributed by atoms with Gasteiger partial charge in [0.15, 0.2) is 0 Å². The third kappa shape index (κ3) is 4.16. The fourth-order valence-electron chi connectivity index (χ4n) is 4.44. The van der Waals surface area contributed by atoms with Crippen LogP contribution >= 0.6 is 0 Å². The number of aliphatic imine (C=N–C) groups is 1. The van der Waals surface area contributed by atoms with Gasteiger partial charge < -0.3 is 15.0 Å². The third-order valence-corrected chi connectivity index (χ3v) is 7.38. The van der Waals surface area contributed by atoms with Crippen molar-refractivity contribution in [3.63, 3.8) is 0 Å². The molecule has 3 heterocycles. The standard InChI is InChI=1S/C27H21FN4O3S/c28-22-14-18(27(33)32-9-11-35-12-10-32)1-4-20(22)17-2-5-23-21(13-17)24(7-8-29-23)31-19-3-6-26-25(15-19)30-16-36(26)34/h1-8,13-16H,9-12H2,(H,29,31). The number of amides is 1. The van der Waals surface area contributed by atoms with E-state index in [4.69, 9.17) is 4.74 Å². The zero-order valence-corrected chi connectivity index (χ0v) is 19.9. The van der Waals surface area contributed by atoms with Crippen LogP contribution in [0.3, 0.4) is 0 Å². The first-order valence-corrected chi connectivity index (χ1v) is 12.7. The predicted molar refractivity (Wildman–Crippen MR) is 138 cm³/mol. The summed E-state index contributed by atoms with van der Waals surface area (Å²) in [6, 6.07) is 17.5. The van der Waals surface area contributed by atoms with Crippen molar-refractivity contribution in [1.29, 1.82) is 0 Å². The summed E-state index contributed by atoms with van der Waals surface area (Å²) in [5.74, 6) is -0.656. The maximum atomic E-state index is 15.2. The molecule has 0 radical (unpaired) electrons. The van der Waals surface area contributed by atoms with E-state index in [1.54, 1.807) is 29.3 Å². The summed E-state index contributed by atoms with van der Waals surface area (Å²) in [6.07, 6.45) is 1.71. The lowest BCUT2D eigenvalue weighted by Crippen LogP contribution is -2.40. The van der Waals surface area contributed by atoms with Crippen LogP contribution in [-0.4, -0.2) is 51.8 Å². The minimum Gasteiger partial charge on any atom is -0.378 e. The van der Waals surface area contributed by atoms with Crippen molar-refractivity contribution in [3.8, 4) is 11.1 Å². The Hall–Kier alpha value is -3.95. The molecule has 0 spiro atoms. The number of halogens is 1. The zero-order chi connectivity index (χ0) is 24.6. The molecule has 1 amide bonds. The molecular weight excluding hydrogens is 479 g/mol. The normalized spacial score (nSPS) is 16.8. The van der Waals surface area contributed by atoms with Gasteiger partial charge in [-0.25, -0.2) is 13.6 Å². The van der Waals surface area contributed by atoms with E-state index in [0.717, 1.165) is 22.3 Å². The van der Waals surface area contributed by atoms with Gasteiger partial charge in [-0.05, 0) is 54.1 Å². The first-order chi connectivity index (χ1) is 17.6. The van der Waals surface area contributed by atoms with Crippen LogP contribution in [0.5, 0.6) is 0 Å². The summed E-state index contributed by atoms with van der Waals surface area (Å²) < 4.78 is 32.4. The Kier molecular flexibility index (Phi) is 5.79. The lowest BCUT2D eigenvalue weighted by atomic mass is 10.00. The second-order valence-electron chi connectivity index (χ2n) is 8.53. The fraction of sp³-hybridized carbons (Fsp3) is 0.148. The first kappa shape index (κ1) is 22.5. The third-order valence-electron chi connectivity index (χ3n) is 6.31. The summed E-state index contributed by atoms with van der Waals surface area (Å²) >= 11 is 0. The first-order valence-electron chi connectivity index (χ1n) is 11.5. The number of pyridine rings is 1. The number of ether oxygens (including phenoxy) is 1. The van der Waals surface area contributed by atoms with Gasteiger partial charge in [0, 0.05) is 47.2 Å². The zero-order valence-electron chi connectivity index (χ0n) is 19.1. The summed E-state index contributed by atoms with van der Waals surface area (Å²) in [6.45, 7) is 1.99. The number of nitrogens with one attached hydrogen (secondary N) is 1. The highest BCUT2D eigenvalue weighted by molar-refractivity contribution is 7.99. The number of hydrogen-bond donors (Lipinski definition) is 1. The van der Waals surface area contributed by atoms with E-state index < -0.39 is 16.6 Å². The summed E-state index contributed by atoms with van der Waals surface area (Å²) in [5.41, 5.74) is 5.84. The van der Waals surface area contributed by atoms with Crippen LogP contribution in [0.1, 0.15) is 10.4 Å². The molecule has 36 heavy (non-hydrogen) atoms. The molecule has 6 rings (SSSR count). The van der Waals surface area contributed by atoms with Crippen LogP contribution in [-0.2, 0) is 15.5 Å². The monoisotopic (exact) mass is 500 g/mol. The Morgan fingerprint density at radius 2 is 1.89 bits per heavy atom. The number of hydrogen-bond acceptors (Lipinski definition) is 6. The van der Waals surface area contributed by atoms with Crippen molar-refractivity contribution in [2.45, 2.75) is 4.90 Å². The summed E-state index contributed by atoms with van der Waals surface area (Å²) in [7, 11) is -1.20. The second-order valence-corrected chi connectivity index (χ2v) is 9.77. The van der Waals surface area contributed by atoms with E-state index in [1.165, 1.54) is 11.6 Å². The van der Waals surface area contributed by atoms with Crippen LogP contribution in [0.25, 0.3) is 22.0 Å². The summed E-state index contributed by atoms with van der Waals surface area (Å²) in [4.78, 5) is 23.8. The van der Waals surface area contributed by atoms with Gasteiger partial charge in [0.25, 0.3) is 5.91 Å². The minimum atomic E-state index is -1.20. The number of nitrogens with zero attached hydrogens (tertiary/aromatic N) is 3. The Balaban J connectivity index is 1.32. The highest BCUT2D eigenvalue weighted by Crippen LogP contribution is 2.34. The number of carbonyl (C=O) groups excluding carboxylic acids is 1. The van der Waals surface area contributed by atoms with E-state index in [2.05, 4.69) is 15.3 Å². The van der Waals surface area contributed by atoms with Gasteiger partial charge in [-0.15, -0.1) is 0 Å². The van der Waals surface area contributed by atoms with Gasteiger partial charge in [0.2, 0.25) is 0 Å². The molecule has 1 aromatic heterocycles. The number of benzene rings is 3. The molecule has 0 saturated carbocycles. The van der Waals surface area contributed by atoms with Crippen molar-refractivity contribution in [3.05, 3.63) is 78.2 Å². The highest BCUT2D eigenvalue weighted by Gasteiger charge is 2.20. The molecule has 2 aliphatic heterocycles. The maximum absolute atomic E-state index is 15.2. The Morgan fingerprint density at radius 3 is 2.72 bits per heavy atom. The van der Waals surface area contributed by atoms with E-state index in [-0.39, 0.29) is 5.91 Å². The number of morpholine rings is 1. The molecule has 0 aliphatic carbocycles. The molecular formula is C27H21FN4O3S. The quantitative estimate of drug-likeness (QED) is 0.425. The highest BCUT2D eigenvalue weighted by atomic mass is 32.2. The van der Waals surface area contributed by atoms with Gasteiger partial charge in [-0.3, -0.25) is 9.78 Å². The largest absolute Gasteiger partial charge is 0.378 e. The van der Waals surface area contributed by atoms with Crippen molar-refractivity contribution >= 4 is 50.2 Å². The number of fused-ring (bicyclic) bond motifs is 2. The summed E-state index contributed by atoms with van der Waals surface area (Å²) in [5, 5.41) is 4.19. The molecule has 4 aromatic rings. The number of carbonyl (C=O) groups is 1. The number of anilines is 2. The Labute approximate surface area is 209 Å². The fourth-order valence-corrected chi connectivity index (χ4v) is 5.28. The molecule has 7 nitrogen and oxygen atoms in total. The Bertz CT molecular complexity index is 1570. The molecule has 1 N–H and O–H groups in total. The lowest BCUT2D eigenvalue weighted by Gasteiger charge is -2.27. The van der Waals surface area contributed by atoms with Gasteiger partial charge in [0.1, 0.15) is 5.82 Å². The second kappa shape index (κ2) is 9.25. The average molecular weight is 501 g/mol. The van der Waals surface area contributed by atoms with Gasteiger partial charge >= 0.3 is 0 Å². The smallest absolute Gasteiger partial charge is 0.254 e. The molecule has 1 unspecified atom stereocenters. The lowest BCUT2D eigenvalue weighted by molar-refractivity contribution is 0.0302. The Morgan fingerprint density at radius 1 is 1.03 bits per heavy atom. The van der Waals surface area contributed by atoms with Crippen LogP contribution in [0.2, 0.25) is 0 Å². The topological polar surface area (TPSA) is 83.9 Å². The SMILES string of the molecule is O=C(c1ccc(-c2ccc3nccc(Nc4ccc5c(c4)N=CS5=O)c3c2)c(F)c1)N1CCOCC1. The molecule has 1 fully saturated rings. The van der Waals surface area contributed by atoms with Crippen molar-refractivity contribution in [2.24, 2.45) is 4.99 Å². The number of aromatic nitrogens is 1. The van der Waals surface area contributed by atoms with Gasteiger partial charge in [-0.2, -0.15) is 0 Å². The van der Waals surface area contributed by atoms with Crippen molar-refractivity contribution < 1.29 is 18.1 Å². The van der Waals surface area contributed by atoms with Crippen molar-refractivity contribution in [2.75, 3.05) is 31.6 Å². The predicted octanol–water partition coefficient (Wildman–Crippen LogP) is 5.04. The minimum absolute atomic E-state index is 0.194. The molecule has 1 saturated heterocycles. The van der Waals surface area contributed by atoms with E-state index in [1.807, 2.05) is 36.4 Å². The van der Waals surface area contributed by atoms with Crippen LogP contribution in [0.4, 0.5) is 21.5 Å². The van der Waals surface area contributed by atoms with Crippen molar-refractivity contribution in [1.82, 2.24) is 9.88 Å². The molecule has 9 heteroatoms. The average Bonchev–Trinajstić information content (AvgIpc) is 3.28. The van der Waals surface area contributed by atoms with E-state index >= 15 is 4.39 Å². The van der Waals surface area contributed by atoms with Crippen LogP contribution < -0.4 is 5.32 Å². The number of rotatable bonds is 4. The van der Waals surface area contributed by atoms with Crippen LogP contribution in [0.15, 0.2) is 76.7 Å². The van der Waals surface area contributed by atoms with E-state index in [0.29, 0.717) is 53.6 Å². The maximum Gasteiger partial charge on any atom is 0.254 e. The van der Waals surface area contributed by atoms with E-state index in [9.17, 15) is 9.00 Å². The molecule has 180 valence electrons. The molecule has 3 aromatic carbocycles. The molecule has 0 bridgehead atoms. The van der Waals surface area contributed by atoms with Crippen LogP contribution in [0, 0.1) is 5.82 Å². The van der Waals surface area contributed by atoms with Gasteiger partial charge in [0.05, 0.1) is 45.7 Å².